The van der Waals surface area contributed by atoms with Crippen LogP contribution in [0, 0.1) is 6.92 Å². The maximum atomic E-state index is 12.7. The number of hydrogen-bond acceptors (Lipinski definition) is 5. The van der Waals surface area contributed by atoms with Crippen molar-refractivity contribution in [3.8, 4) is 0 Å². The van der Waals surface area contributed by atoms with Crippen LogP contribution in [-0.4, -0.2) is 36.7 Å². The molecule has 0 bridgehead atoms. The molecule has 0 aliphatic carbocycles. The number of nitrogens with zero attached hydrogens (tertiary/aromatic N) is 3. The number of benzene rings is 1. The Hall–Kier alpha value is -1.70. The smallest absolute Gasteiger partial charge is 0.243 e. The molecular formula is C15H19N3O3S. The van der Waals surface area contributed by atoms with E-state index in [2.05, 4.69) is 4.98 Å². The summed E-state index contributed by atoms with van der Waals surface area (Å²) in [7, 11) is 0.357. The zero-order chi connectivity index (χ0) is 15.9. The first kappa shape index (κ1) is 15.2. The third-order valence-electron chi connectivity index (χ3n) is 3.55. The molecule has 3 rings (SSSR count). The van der Waals surface area contributed by atoms with Crippen molar-refractivity contribution in [3.63, 3.8) is 0 Å². The standard InChI is InChI=1S/C15H19N3O3S/c1-11-5-4-6-12(7-11)22(19,20)18-8-13-14(9-18)21-15(16-13)10-17(2)3/h4-7H,8-10H2,1-3H3. The first-order valence-corrected chi connectivity index (χ1v) is 8.49. The van der Waals surface area contributed by atoms with Gasteiger partial charge in [0, 0.05) is 0 Å². The summed E-state index contributed by atoms with van der Waals surface area (Å²) in [5.74, 6) is 1.27. The second-order valence-corrected chi connectivity index (χ2v) is 7.74. The van der Waals surface area contributed by atoms with Crippen LogP contribution in [0.3, 0.4) is 0 Å². The number of aromatic nitrogens is 1. The fourth-order valence-electron chi connectivity index (χ4n) is 2.50. The van der Waals surface area contributed by atoms with Crippen LogP contribution in [0.1, 0.15) is 22.9 Å². The first-order chi connectivity index (χ1) is 10.4. The van der Waals surface area contributed by atoms with Crippen molar-refractivity contribution in [2.75, 3.05) is 14.1 Å². The molecule has 0 saturated carbocycles. The second kappa shape index (κ2) is 5.49. The summed E-state index contributed by atoms with van der Waals surface area (Å²) in [4.78, 5) is 6.66. The quantitative estimate of drug-likeness (QED) is 0.858. The van der Waals surface area contributed by atoms with Crippen LogP contribution in [0.5, 0.6) is 0 Å². The second-order valence-electron chi connectivity index (χ2n) is 5.80. The highest BCUT2D eigenvalue weighted by molar-refractivity contribution is 7.89. The van der Waals surface area contributed by atoms with Gasteiger partial charge in [0.2, 0.25) is 15.9 Å². The van der Waals surface area contributed by atoms with E-state index in [4.69, 9.17) is 4.42 Å². The molecule has 0 unspecified atom stereocenters. The number of fused-ring (bicyclic) bond motifs is 1. The number of rotatable bonds is 4. The Kier molecular flexibility index (Phi) is 3.80. The minimum atomic E-state index is -3.51. The molecule has 2 aromatic rings. The highest BCUT2D eigenvalue weighted by Crippen LogP contribution is 2.29. The highest BCUT2D eigenvalue weighted by atomic mass is 32.2. The number of aryl methyl sites for hydroxylation is 1. The lowest BCUT2D eigenvalue weighted by molar-refractivity contribution is 0.318. The highest BCUT2D eigenvalue weighted by Gasteiger charge is 2.34. The Morgan fingerprint density at radius 3 is 2.73 bits per heavy atom. The zero-order valence-corrected chi connectivity index (χ0v) is 13.7. The summed E-state index contributed by atoms with van der Waals surface area (Å²) < 4.78 is 32.4. The van der Waals surface area contributed by atoms with Gasteiger partial charge in [0.05, 0.1) is 30.2 Å². The Labute approximate surface area is 130 Å². The van der Waals surface area contributed by atoms with Gasteiger partial charge in [0.25, 0.3) is 0 Å². The van der Waals surface area contributed by atoms with Crippen LogP contribution in [0.2, 0.25) is 0 Å². The monoisotopic (exact) mass is 321 g/mol. The average Bonchev–Trinajstić information content (AvgIpc) is 2.96. The maximum Gasteiger partial charge on any atom is 0.243 e. The van der Waals surface area contributed by atoms with E-state index in [9.17, 15) is 8.42 Å². The van der Waals surface area contributed by atoms with Crippen LogP contribution in [-0.2, 0) is 29.7 Å². The molecule has 1 aliphatic rings. The third kappa shape index (κ3) is 2.79. The van der Waals surface area contributed by atoms with Crippen LogP contribution in [0.4, 0.5) is 0 Å². The summed E-state index contributed by atoms with van der Waals surface area (Å²) in [6, 6.07) is 6.93. The third-order valence-corrected chi connectivity index (χ3v) is 5.34. The fraction of sp³-hybridized carbons (Fsp3) is 0.400. The van der Waals surface area contributed by atoms with Gasteiger partial charge in [-0.05, 0) is 38.7 Å². The van der Waals surface area contributed by atoms with Gasteiger partial charge >= 0.3 is 0 Å². The molecule has 22 heavy (non-hydrogen) atoms. The SMILES string of the molecule is Cc1cccc(S(=O)(=O)N2Cc3nc(CN(C)C)oc3C2)c1. The van der Waals surface area contributed by atoms with Crippen LogP contribution in [0.25, 0.3) is 0 Å². The molecule has 7 heteroatoms. The maximum absolute atomic E-state index is 12.7. The van der Waals surface area contributed by atoms with Crippen molar-refractivity contribution < 1.29 is 12.8 Å². The Morgan fingerprint density at radius 1 is 1.32 bits per heavy atom. The van der Waals surface area contributed by atoms with Gasteiger partial charge in [-0.2, -0.15) is 4.31 Å². The minimum absolute atomic E-state index is 0.242. The van der Waals surface area contributed by atoms with Crippen LogP contribution >= 0.6 is 0 Å². The van der Waals surface area contributed by atoms with Crippen LogP contribution < -0.4 is 0 Å². The molecule has 118 valence electrons. The summed E-state index contributed by atoms with van der Waals surface area (Å²) in [5, 5.41) is 0. The van der Waals surface area contributed by atoms with Gasteiger partial charge in [-0.15, -0.1) is 0 Å². The molecule has 1 aromatic carbocycles. The van der Waals surface area contributed by atoms with E-state index in [1.165, 1.54) is 4.31 Å². The van der Waals surface area contributed by atoms with Crippen molar-refractivity contribution >= 4 is 10.0 Å². The first-order valence-electron chi connectivity index (χ1n) is 7.05. The zero-order valence-electron chi connectivity index (χ0n) is 12.9. The van der Waals surface area contributed by atoms with E-state index in [1.54, 1.807) is 18.2 Å². The van der Waals surface area contributed by atoms with Crippen molar-refractivity contribution in [3.05, 3.63) is 47.2 Å². The fourth-order valence-corrected chi connectivity index (χ4v) is 3.96. The van der Waals surface area contributed by atoms with E-state index in [1.807, 2.05) is 32.0 Å². The molecule has 0 N–H and O–H groups in total. The molecule has 0 atom stereocenters. The summed E-state index contributed by atoms with van der Waals surface area (Å²) >= 11 is 0. The minimum Gasteiger partial charge on any atom is -0.443 e. The molecule has 0 amide bonds. The van der Waals surface area contributed by atoms with Gasteiger partial charge < -0.3 is 9.32 Å². The molecule has 6 nitrogen and oxygen atoms in total. The molecular weight excluding hydrogens is 302 g/mol. The van der Waals surface area contributed by atoms with E-state index in [0.29, 0.717) is 28.8 Å². The van der Waals surface area contributed by atoms with E-state index in [0.717, 1.165) is 5.56 Å². The molecule has 1 aliphatic heterocycles. The number of oxazole rings is 1. The topological polar surface area (TPSA) is 66.7 Å². The van der Waals surface area contributed by atoms with Crippen molar-refractivity contribution in [1.82, 2.24) is 14.2 Å². The van der Waals surface area contributed by atoms with Gasteiger partial charge in [0.1, 0.15) is 5.76 Å². The summed E-state index contributed by atoms with van der Waals surface area (Å²) in [6.45, 7) is 2.99. The molecule has 0 spiro atoms. The van der Waals surface area contributed by atoms with Crippen molar-refractivity contribution in [1.29, 1.82) is 0 Å². The average molecular weight is 321 g/mol. The molecule has 2 heterocycles. The lowest BCUT2D eigenvalue weighted by Crippen LogP contribution is -2.26. The Bertz CT molecular complexity index is 773. The molecule has 0 fully saturated rings. The van der Waals surface area contributed by atoms with Gasteiger partial charge in [0.15, 0.2) is 0 Å². The van der Waals surface area contributed by atoms with Gasteiger partial charge in [-0.1, -0.05) is 12.1 Å². The van der Waals surface area contributed by atoms with Crippen molar-refractivity contribution in [2.24, 2.45) is 0 Å². The molecule has 0 radical (unpaired) electrons. The Morgan fingerprint density at radius 2 is 2.09 bits per heavy atom. The Balaban J connectivity index is 1.82. The normalized spacial score (nSPS) is 15.5. The molecule has 1 aromatic heterocycles. The van der Waals surface area contributed by atoms with Gasteiger partial charge in [-0.25, -0.2) is 13.4 Å². The van der Waals surface area contributed by atoms with Gasteiger partial charge in [-0.3, -0.25) is 0 Å². The number of hydrogen-bond donors (Lipinski definition) is 0. The summed E-state index contributed by atoms with van der Waals surface area (Å²) in [5.41, 5.74) is 1.64. The number of sulfonamides is 1. The lowest BCUT2D eigenvalue weighted by Gasteiger charge is -2.15. The van der Waals surface area contributed by atoms with E-state index in [-0.39, 0.29) is 13.1 Å². The lowest BCUT2D eigenvalue weighted by atomic mass is 10.2. The van der Waals surface area contributed by atoms with Crippen LogP contribution in [0.15, 0.2) is 33.6 Å². The van der Waals surface area contributed by atoms with E-state index >= 15 is 0 Å². The largest absolute Gasteiger partial charge is 0.443 e. The predicted molar refractivity (Wildman–Crippen MR) is 81.5 cm³/mol. The summed E-state index contributed by atoms with van der Waals surface area (Å²) in [6.07, 6.45) is 0. The molecule has 0 saturated heterocycles. The predicted octanol–water partition coefficient (Wildman–Crippen LogP) is 1.75. The van der Waals surface area contributed by atoms with Crippen molar-refractivity contribution in [2.45, 2.75) is 31.5 Å². The van der Waals surface area contributed by atoms with E-state index < -0.39 is 10.0 Å².